The van der Waals surface area contributed by atoms with Gasteiger partial charge in [0, 0.05) is 19.0 Å². The van der Waals surface area contributed by atoms with E-state index in [1.165, 1.54) is 22.9 Å². The van der Waals surface area contributed by atoms with E-state index in [0.29, 0.717) is 25.6 Å². The van der Waals surface area contributed by atoms with E-state index in [0.717, 1.165) is 37.0 Å². The summed E-state index contributed by atoms with van der Waals surface area (Å²) in [5.41, 5.74) is 1.84. The van der Waals surface area contributed by atoms with Crippen molar-refractivity contribution in [1.82, 2.24) is 14.8 Å². The third-order valence-electron chi connectivity index (χ3n) is 5.93. The number of piperidine rings is 1. The molecule has 1 fully saturated rings. The summed E-state index contributed by atoms with van der Waals surface area (Å²) in [7, 11) is 1.44. The molecule has 0 bridgehead atoms. The Balaban J connectivity index is 1.31. The first-order valence-electron chi connectivity index (χ1n) is 10.8. The van der Waals surface area contributed by atoms with E-state index < -0.39 is 5.82 Å². The quantitative estimate of drug-likeness (QED) is 0.534. The summed E-state index contributed by atoms with van der Waals surface area (Å²) in [6, 6.07) is 13.1. The van der Waals surface area contributed by atoms with Crippen molar-refractivity contribution in [2.75, 3.05) is 33.3 Å². The van der Waals surface area contributed by atoms with Gasteiger partial charge in [0.2, 0.25) is 5.91 Å². The molecule has 4 rings (SSSR count). The minimum absolute atomic E-state index is 0.0807. The van der Waals surface area contributed by atoms with Crippen molar-refractivity contribution in [1.29, 1.82) is 0 Å². The number of methoxy groups -OCH3 is 1. The number of likely N-dealkylation sites (tertiary alicyclic amines) is 1. The van der Waals surface area contributed by atoms with Gasteiger partial charge >= 0.3 is 0 Å². The number of benzene rings is 2. The molecule has 7 heteroatoms. The number of likely N-dealkylation sites (N-methyl/N-ethyl adjacent to an activating group) is 1. The molecule has 2 heterocycles. The van der Waals surface area contributed by atoms with E-state index in [2.05, 4.69) is 23.1 Å². The Morgan fingerprint density at radius 1 is 1.26 bits per heavy atom. The molecule has 5 nitrogen and oxygen atoms in total. The van der Waals surface area contributed by atoms with Gasteiger partial charge in [0.15, 0.2) is 11.6 Å². The van der Waals surface area contributed by atoms with Crippen LogP contribution in [0.2, 0.25) is 0 Å². The monoisotopic (exact) mass is 441 g/mol. The van der Waals surface area contributed by atoms with Crippen molar-refractivity contribution >= 4 is 27.5 Å². The Morgan fingerprint density at radius 2 is 2.03 bits per heavy atom. The lowest BCUT2D eigenvalue weighted by atomic mass is 9.97. The first kappa shape index (κ1) is 21.7. The summed E-state index contributed by atoms with van der Waals surface area (Å²) in [6.45, 7) is 5.13. The second kappa shape index (κ2) is 9.75. The number of carbonyl (C=O) groups excluding carboxylic acids is 1. The summed E-state index contributed by atoms with van der Waals surface area (Å²) >= 11 is 1.79. The zero-order valence-corrected chi connectivity index (χ0v) is 18.8. The molecule has 1 saturated heterocycles. The van der Waals surface area contributed by atoms with Gasteiger partial charge in [-0.05, 0) is 62.7 Å². The van der Waals surface area contributed by atoms with Crippen molar-refractivity contribution in [3.8, 4) is 5.75 Å². The number of rotatable bonds is 7. The van der Waals surface area contributed by atoms with Crippen LogP contribution in [0.15, 0.2) is 42.5 Å². The highest BCUT2D eigenvalue weighted by atomic mass is 32.1. The van der Waals surface area contributed by atoms with Crippen LogP contribution < -0.4 is 4.74 Å². The van der Waals surface area contributed by atoms with Gasteiger partial charge in [-0.2, -0.15) is 0 Å². The molecule has 1 aliphatic rings. The largest absolute Gasteiger partial charge is 0.494 e. The fraction of sp³-hybridized carbons (Fsp3) is 0.417. The highest BCUT2D eigenvalue weighted by molar-refractivity contribution is 7.18. The number of halogens is 1. The molecule has 164 valence electrons. The third-order valence-corrected chi connectivity index (χ3v) is 7.13. The normalized spacial score (nSPS) is 15.3. The minimum Gasteiger partial charge on any atom is -0.494 e. The number of aromatic nitrogens is 1. The minimum atomic E-state index is -0.402. The Bertz CT molecular complexity index is 1010. The molecule has 3 aromatic rings. The third kappa shape index (κ3) is 5.05. The number of hydrogen-bond acceptors (Lipinski definition) is 5. The van der Waals surface area contributed by atoms with E-state index in [1.54, 1.807) is 28.4 Å². The predicted molar refractivity (Wildman–Crippen MR) is 122 cm³/mol. The molecule has 0 radical (unpaired) electrons. The van der Waals surface area contributed by atoms with Gasteiger partial charge in [0.1, 0.15) is 0 Å². The Kier molecular flexibility index (Phi) is 6.83. The van der Waals surface area contributed by atoms with Gasteiger partial charge in [0.25, 0.3) is 0 Å². The highest BCUT2D eigenvalue weighted by Crippen LogP contribution is 2.33. The Hall–Kier alpha value is -2.51. The maximum Gasteiger partial charge on any atom is 0.237 e. The summed E-state index contributed by atoms with van der Waals surface area (Å²) in [5.74, 6) is 0.361. The molecular formula is C24H28FN3O2S. The number of nitrogens with zero attached hydrogens (tertiary/aromatic N) is 3. The van der Waals surface area contributed by atoms with Crippen LogP contribution in [-0.2, 0) is 11.3 Å². The summed E-state index contributed by atoms with van der Waals surface area (Å²) < 4.78 is 20.2. The molecule has 0 aliphatic carbocycles. The van der Waals surface area contributed by atoms with E-state index in [9.17, 15) is 9.18 Å². The van der Waals surface area contributed by atoms with Gasteiger partial charge in [-0.3, -0.25) is 9.69 Å². The van der Waals surface area contributed by atoms with Crippen LogP contribution in [0.25, 0.3) is 10.2 Å². The van der Waals surface area contributed by atoms with Crippen LogP contribution in [0.3, 0.4) is 0 Å². The van der Waals surface area contributed by atoms with E-state index >= 15 is 0 Å². The number of hydrogen-bond donors (Lipinski definition) is 0. The highest BCUT2D eigenvalue weighted by Gasteiger charge is 2.25. The number of ether oxygens (including phenoxy) is 1. The average Bonchev–Trinajstić information content (AvgIpc) is 3.22. The number of para-hydroxylation sites is 1. The SMILES string of the molecule is CCN(Cc1ccc(OC)c(F)c1)C(=O)CN1CCC(c2nc3ccccc3s2)CC1. The van der Waals surface area contributed by atoms with Gasteiger partial charge in [-0.15, -0.1) is 11.3 Å². The zero-order chi connectivity index (χ0) is 21.8. The first-order valence-corrected chi connectivity index (χ1v) is 11.6. The van der Waals surface area contributed by atoms with Crippen molar-refractivity contribution < 1.29 is 13.9 Å². The van der Waals surface area contributed by atoms with Crippen LogP contribution in [0.5, 0.6) is 5.75 Å². The van der Waals surface area contributed by atoms with Crippen molar-refractivity contribution in [3.05, 3.63) is 58.9 Å². The molecule has 31 heavy (non-hydrogen) atoms. The van der Waals surface area contributed by atoms with Gasteiger partial charge in [0.05, 0.1) is 28.9 Å². The summed E-state index contributed by atoms with van der Waals surface area (Å²) in [6.07, 6.45) is 2.03. The number of amides is 1. The fourth-order valence-corrected chi connectivity index (χ4v) is 5.24. The molecule has 1 aliphatic heterocycles. The van der Waals surface area contributed by atoms with Crippen LogP contribution in [0, 0.1) is 5.82 Å². The molecule has 0 spiro atoms. The van der Waals surface area contributed by atoms with Crippen LogP contribution in [0.4, 0.5) is 4.39 Å². The topological polar surface area (TPSA) is 45.7 Å². The molecule has 1 aromatic heterocycles. The number of carbonyl (C=O) groups is 1. The fourth-order valence-electron chi connectivity index (χ4n) is 4.10. The Morgan fingerprint density at radius 3 is 2.71 bits per heavy atom. The van der Waals surface area contributed by atoms with Gasteiger partial charge in [-0.1, -0.05) is 18.2 Å². The lowest BCUT2D eigenvalue weighted by Crippen LogP contribution is -2.42. The molecular weight excluding hydrogens is 413 g/mol. The second-order valence-corrected chi connectivity index (χ2v) is 9.01. The number of thiazole rings is 1. The van der Waals surface area contributed by atoms with E-state index in [4.69, 9.17) is 9.72 Å². The van der Waals surface area contributed by atoms with Crippen LogP contribution >= 0.6 is 11.3 Å². The lowest BCUT2D eigenvalue weighted by Gasteiger charge is -2.32. The molecule has 2 aromatic carbocycles. The average molecular weight is 442 g/mol. The van der Waals surface area contributed by atoms with Crippen molar-refractivity contribution in [2.45, 2.75) is 32.2 Å². The summed E-state index contributed by atoms with van der Waals surface area (Å²) in [5, 5.41) is 1.21. The lowest BCUT2D eigenvalue weighted by molar-refractivity contribution is -0.133. The van der Waals surface area contributed by atoms with Gasteiger partial charge in [-0.25, -0.2) is 9.37 Å². The molecule has 0 saturated carbocycles. The van der Waals surface area contributed by atoms with Crippen molar-refractivity contribution in [3.63, 3.8) is 0 Å². The van der Waals surface area contributed by atoms with Crippen molar-refractivity contribution in [2.24, 2.45) is 0 Å². The first-order chi connectivity index (χ1) is 15.1. The molecule has 0 atom stereocenters. The summed E-state index contributed by atoms with van der Waals surface area (Å²) in [4.78, 5) is 21.7. The maximum absolute atomic E-state index is 14.0. The predicted octanol–water partition coefficient (Wildman–Crippen LogP) is 4.67. The molecule has 1 amide bonds. The number of fused-ring (bicyclic) bond motifs is 1. The standard InChI is InChI=1S/C24H28FN3O2S/c1-3-28(15-17-8-9-21(30-2)19(25)14-17)23(29)16-27-12-10-18(11-13-27)24-26-20-6-4-5-7-22(20)31-24/h4-9,14,18H,3,10-13,15-16H2,1-2H3. The molecule has 0 N–H and O–H groups in total. The smallest absolute Gasteiger partial charge is 0.237 e. The van der Waals surface area contributed by atoms with Crippen LogP contribution in [0.1, 0.15) is 36.3 Å². The zero-order valence-electron chi connectivity index (χ0n) is 18.0. The Labute approximate surface area is 186 Å². The molecule has 0 unspecified atom stereocenters. The van der Waals surface area contributed by atoms with E-state index in [-0.39, 0.29) is 11.7 Å². The van der Waals surface area contributed by atoms with E-state index in [1.807, 2.05) is 13.0 Å². The van der Waals surface area contributed by atoms with Crippen LogP contribution in [-0.4, -0.2) is 54.0 Å². The second-order valence-electron chi connectivity index (χ2n) is 7.95. The van der Waals surface area contributed by atoms with Gasteiger partial charge < -0.3 is 9.64 Å². The maximum atomic E-state index is 14.0.